The zero-order chi connectivity index (χ0) is 10.4. The van der Waals surface area contributed by atoms with Crippen LogP contribution in [-0.2, 0) is 4.74 Å². The van der Waals surface area contributed by atoms with E-state index in [9.17, 15) is 0 Å². The first-order valence-electron chi connectivity index (χ1n) is 5.61. The molecule has 0 bridgehead atoms. The fourth-order valence-corrected chi connectivity index (χ4v) is 2.00. The number of hydrogen-bond acceptors (Lipinski definition) is 3. The van der Waals surface area contributed by atoms with Crippen molar-refractivity contribution in [1.82, 2.24) is 10.2 Å². The molecule has 3 heteroatoms. The molecular weight excluding hydrogens is 176 g/mol. The Balaban J connectivity index is 2.12. The number of rotatable bonds is 7. The van der Waals surface area contributed by atoms with Gasteiger partial charge in [-0.1, -0.05) is 6.42 Å². The fraction of sp³-hybridized carbons (Fsp3) is 1.00. The van der Waals surface area contributed by atoms with Crippen LogP contribution in [0.1, 0.15) is 19.3 Å². The summed E-state index contributed by atoms with van der Waals surface area (Å²) >= 11 is 0. The molecule has 84 valence electrons. The largest absolute Gasteiger partial charge is 0.383 e. The molecule has 0 aromatic carbocycles. The number of methoxy groups -OCH3 is 1. The van der Waals surface area contributed by atoms with Gasteiger partial charge in [-0.3, -0.25) is 0 Å². The second kappa shape index (κ2) is 6.38. The molecule has 1 rings (SSSR count). The van der Waals surface area contributed by atoms with Crippen LogP contribution in [0.25, 0.3) is 0 Å². The Morgan fingerprint density at radius 1 is 1.50 bits per heavy atom. The highest BCUT2D eigenvalue weighted by molar-refractivity contribution is 4.75. The monoisotopic (exact) mass is 200 g/mol. The molecule has 1 saturated carbocycles. The van der Waals surface area contributed by atoms with Gasteiger partial charge in [0.05, 0.1) is 6.61 Å². The average molecular weight is 200 g/mol. The lowest BCUT2D eigenvalue weighted by molar-refractivity contribution is 0.134. The standard InChI is InChI=1S/C11H24N2O/c1-12-11(9-14-3)8-13(2)7-10-5-4-6-10/h10-12H,4-9H2,1-3H3. The van der Waals surface area contributed by atoms with Crippen LogP contribution in [0.3, 0.4) is 0 Å². The molecule has 0 saturated heterocycles. The molecule has 0 amide bonds. The molecule has 1 unspecified atom stereocenters. The number of hydrogen-bond donors (Lipinski definition) is 1. The normalized spacial score (nSPS) is 19.7. The summed E-state index contributed by atoms with van der Waals surface area (Å²) in [5, 5.41) is 3.28. The highest BCUT2D eigenvalue weighted by Crippen LogP contribution is 2.26. The lowest BCUT2D eigenvalue weighted by Crippen LogP contribution is -2.42. The maximum Gasteiger partial charge on any atom is 0.0628 e. The first-order valence-corrected chi connectivity index (χ1v) is 5.61. The summed E-state index contributed by atoms with van der Waals surface area (Å²) in [4.78, 5) is 2.42. The molecular formula is C11H24N2O. The number of likely N-dealkylation sites (N-methyl/N-ethyl adjacent to an activating group) is 2. The van der Waals surface area contributed by atoms with Crippen molar-refractivity contribution in [2.75, 3.05) is 40.9 Å². The number of nitrogens with zero attached hydrogens (tertiary/aromatic N) is 1. The first kappa shape index (κ1) is 12.0. The van der Waals surface area contributed by atoms with Crippen LogP contribution in [0, 0.1) is 5.92 Å². The van der Waals surface area contributed by atoms with Crippen molar-refractivity contribution in [2.24, 2.45) is 5.92 Å². The highest BCUT2D eigenvalue weighted by atomic mass is 16.5. The second-order valence-electron chi connectivity index (χ2n) is 4.46. The minimum Gasteiger partial charge on any atom is -0.383 e. The van der Waals surface area contributed by atoms with Crippen LogP contribution >= 0.6 is 0 Å². The quantitative estimate of drug-likeness (QED) is 0.662. The maximum absolute atomic E-state index is 5.15. The van der Waals surface area contributed by atoms with Gasteiger partial charge in [-0.15, -0.1) is 0 Å². The van der Waals surface area contributed by atoms with Crippen LogP contribution in [0.4, 0.5) is 0 Å². The number of nitrogens with one attached hydrogen (secondary N) is 1. The van der Waals surface area contributed by atoms with E-state index < -0.39 is 0 Å². The molecule has 1 atom stereocenters. The second-order valence-corrected chi connectivity index (χ2v) is 4.46. The van der Waals surface area contributed by atoms with Crippen molar-refractivity contribution >= 4 is 0 Å². The van der Waals surface area contributed by atoms with Gasteiger partial charge in [0.2, 0.25) is 0 Å². The summed E-state index contributed by atoms with van der Waals surface area (Å²) in [5.74, 6) is 0.958. The van der Waals surface area contributed by atoms with Gasteiger partial charge < -0.3 is 15.0 Å². The van der Waals surface area contributed by atoms with Gasteiger partial charge >= 0.3 is 0 Å². The molecule has 1 aliphatic rings. The van der Waals surface area contributed by atoms with Crippen molar-refractivity contribution in [3.8, 4) is 0 Å². The Hall–Kier alpha value is -0.120. The maximum atomic E-state index is 5.15. The Morgan fingerprint density at radius 3 is 2.64 bits per heavy atom. The van der Waals surface area contributed by atoms with Crippen LogP contribution in [0.15, 0.2) is 0 Å². The van der Waals surface area contributed by atoms with E-state index in [0.717, 1.165) is 19.1 Å². The summed E-state index contributed by atoms with van der Waals surface area (Å²) in [6.07, 6.45) is 4.30. The van der Waals surface area contributed by atoms with Crippen molar-refractivity contribution in [2.45, 2.75) is 25.3 Å². The average Bonchev–Trinajstić information content (AvgIpc) is 2.11. The van der Waals surface area contributed by atoms with E-state index >= 15 is 0 Å². The van der Waals surface area contributed by atoms with E-state index in [1.807, 2.05) is 7.05 Å². The van der Waals surface area contributed by atoms with Crippen LogP contribution in [-0.4, -0.2) is 51.8 Å². The highest BCUT2D eigenvalue weighted by Gasteiger charge is 2.20. The van der Waals surface area contributed by atoms with E-state index in [2.05, 4.69) is 17.3 Å². The van der Waals surface area contributed by atoms with Gasteiger partial charge in [0.1, 0.15) is 0 Å². The molecule has 0 aliphatic heterocycles. The van der Waals surface area contributed by atoms with Crippen LogP contribution < -0.4 is 5.32 Å². The predicted molar refractivity (Wildman–Crippen MR) is 59.6 cm³/mol. The molecule has 14 heavy (non-hydrogen) atoms. The zero-order valence-electron chi connectivity index (χ0n) is 9.75. The molecule has 0 radical (unpaired) electrons. The van der Waals surface area contributed by atoms with Crippen molar-refractivity contribution in [3.05, 3.63) is 0 Å². The van der Waals surface area contributed by atoms with Gasteiger partial charge in [-0.05, 0) is 32.9 Å². The van der Waals surface area contributed by atoms with Crippen LogP contribution in [0.5, 0.6) is 0 Å². The Morgan fingerprint density at radius 2 is 2.21 bits per heavy atom. The minimum atomic E-state index is 0.463. The molecule has 0 heterocycles. The summed E-state index contributed by atoms with van der Waals surface area (Å²) in [5.41, 5.74) is 0. The topological polar surface area (TPSA) is 24.5 Å². The van der Waals surface area contributed by atoms with E-state index in [0.29, 0.717) is 6.04 Å². The van der Waals surface area contributed by atoms with Crippen molar-refractivity contribution in [1.29, 1.82) is 0 Å². The van der Waals surface area contributed by atoms with Gasteiger partial charge in [0.15, 0.2) is 0 Å². The first-order chi connectivity index (χ1) is 6.76. The van der Waals surface area contributed by atoms with E-state index in [4.69, 9.17) is 4.74 Å². The summed E-state index contributed by atoms with van der Waals surface area (Å²) in [6, 6.07) is 0.463. The fourth-order valence-electron chi connectivity index (χ4n) is 2.00. The van der Waals surface area contributed by atoms with Crippen molar-refractivity contribution in [3.63, 3.8) is 0 Å². The summed E-state index contributed by atoms with van der Waals surface area (Å²) in [7, 11) is 5.97. The molecule has 0 aromatic heterocycles. The number of ether oxygens (including phenoxy) is 1. The van der Waals surface area contributed by atoms with E-state index in [1.54, 1.807) is 7.11 Å². The summed E-state index contributed by atoms with van der Waals surface area (Å²) in [6.45, 7) is 3.13. The third-order valence-electron chi connectivity index (χ3n) is 3.10. The van der Waals surface area contributed by atoms with Gasteiger partial charge in [-0.2, -0.15) is 0 Å². The lowest BCUT2D eigenvalue weighted by atomic mass is 9.85. The Labute approximate surface area is 87.8 Å². The smallest absolute Gasteiger partial charge is 0.0628 e. The molecule has 1 fully saturated rings. The molecule has 1 aliphatic carbocycles. The molecule has 0 aromatic rings. The predicted octanol–water partition coefficient (Wildman–Crippen LogP) is 0.953. The van der Waals surface area contributed by atoms with Gasteiger partial charge in [-0.25, -0.2) is 0 Å². The molecule has 3 nitrogen and oxygen atoms in total. The Kier molecular flexibility index (Phi) is 5.45. The molecule has 0 spiro atoms. The SMILES string of the molecule is CNC(COC)CN(C)CC1CCC1. The van der Waals surface area contributed by atoms with Gasteiger partial charge in [0, 0.05) is 26.2 Å². The minimum absolute atomic E-state index is 0.463. The lowest BCUT2D eigenvalue weighted by Gasteiger charge is -2.31. The van der Waals surface area contributed by atoms with Gasteiger partial charge in [0.25, 0.3) is 0 Å². The van der Waals surface area contributed by atoms with Crippen LogP contribution in [0.2, 0.25) is 0 Å². The van der Waals surface area contributed by atoms with E-state index in [1.165, 1.54) is 25.8 Å². The van der Waals surface area contributed by atoms with Crippen molar-refractivity contribution < 1.29 is 4.74 Å². The zero-order valence-corrected chi connectivity index (χ0v) is 9.75. The summed E-state index contributed by atoms with van der Waals surface area (Å²) < 4.78 is 5.15. The Bertz CT molecular complexity index is 148. The molecule has 1 N–H and O–H groups in total. The van der Waals surface area contributed by atoms with E-state index in [-0.39, 0.29) is 0 Å². The third-order valence-corrected chi connectivity index (χ3v) is 3.10. The third kappa shape index (κ3) is 3.95.